The van der Waals surface area contributed by atoms with Crippen molar-refractivity contribution in [3.8, 4) is 17.0 Å². The van der Waals surface area contributed by atoms with Gasteiger partial charge >= 0.3 is 6.18 Å². The molecule has 3 aromatic rings. The maximum Gasteiger partial charge on any atom is 0.418 e. The zero-order chi connectivity index (χ0) is 19.8. The molecule has 1 amide bonds. The van der Waals surface area contributed by atoms with Crippen LogP contribution in [0, 0.1) is 13.8 Å². The topological polar surface area (TPSA) is 78.0 Å². The van der Waals surface area contributed by atoms with Gasteiger partial charge < -0.3 is 10.4 Å². The van der Waals surface area contributed by atoms with E-state index in [4.69, 9.17) is 0 Å². The molecule has 0 saturated heterocycles. The lowest BCUT2D eigenvalue weighted by Gasteiger charge is -2.12. The van der Waals surface area contributed by atoms with Crippen LogP contribution in [0.3, 0.4) is 0 Å². The van der Waals surface area contributed by atoms with Crippen molar-refractivity contribution in [2.45, 2.75) is 20.0 Å². The van der Waals surface area contributed by atoms with Gasteiger partial charge in [-0.1, -0.05) is 12.1 Å². The number of carbonyl (C=O) groups excluding carboxylic acids is 1. The molecule has 140 valence electrons. The molecule has 1 aromatic heterocycles. The first-order valence-electron chi connectivity index (χ1n) is 8.00. The number of hydrogen-bond acceptors (Lipinski definition) is 3. The van der Waals surface area contributed by atoms with E-state index in [9.17, 15) is 23.1 Å². The van der Waals surface area contributed by atoms with Crippen LogP contribution in [0.2, 0.25) is 0 Å². The summed E-state index contributed by atoms with van der Waals surface area (Å²) in [6.07, 6.45) is -4.59. The molecule has 0 aliphatic rings. The number of nitrogens with zero attached hydrogens (tertiary/aromatic N) is 1. The Morgan fingerprint density at radius 1 is 1.11 bits per heavy atom. The Labute approximate surface area is 152 Å². The molecule has 0 bridgehead atoms. The first-order valence-corrected chi connectivity index (χ1v) is 8.00. The summed E-state index contributed by atoms with van der Waals surface area (Å²) in [5, 5.41) is 18.8. The fraction of sp³-hybridized carbons (Fsp3) is 0.158. The van der Waals surface area contributed by atoms with Crippen LogP contribution < -0.4 is 5.32 Å². The summed E-state index contributed by atoms with van der Waals surface area (Å²) in [6, 6.07) is 9.38. The first-order chi connectivity index (χ1) is 12.7. The summed E-state index contributed by atoms with van der Waals surface area (Å²) >= 11 is 0. The molecule has 3 rings (SSSR count). The number of amides is 1. The van der Waals surface area contributed by atoms with E-state index in [0.29, 0.717) is 11.3 Å². The second-order valence-electron chi connectivity index (χ2n) is 6.12. The number of carbonyl (C=O) groups is 1. The van der Waals surface area contributed by atoms with E-state index in [-0.39, 0.29) is 17.1 Å². The van der Waals surface area contributed by atoms with Crippen LogP contribution in [0.1, 0.15) is 27.2 Å². The highest BCUT2D eigenvalue weighted by atomic mass is 19.4. The number of phenolic OH excluding ortho intramolecular Hbond substituents is 1. The maximum atomic E-state index is 13.0. The number of H-pyrrole nitrogens is 1. The minimum Gasteiger partial charge on any atom is -0.507 e. The number of para-hydroxylation sites is 1. The predicted octanol–water partition coefficient (Wildman–Crippen LogP) is 4.67. The first kappa shape index (κ1) is 18.5. The van der Waals surface area contributed by atoms with Gasteiger partial charge in [0, 0.05) is 5.56 Å². The average Bonchev–Trinajstić information content (AvgIpc) is 3.07. The summed E-state index contributed by atoms with van der Waals surface area (Å²) in [4.78, 5) is 12.3. The molecule has 0 atom stereocenters. The summed E-state index contributed by atoms with van der Waals surface area (Å²) in [5.74, 6) is -0.771. The van der Waals surface area contributed by atoms with E-state index in [0.717, 1.165) is 17.2 Å². The molecule has 8 heteroatoms. The smallest absolute Gasteiger partial charge is 0.418 e. The fourth-order valence-corrected chi connectivity index (χ4v) is 2.61. The lowest BCUT2D eigenvalue weighted by atomic mass is 10.0. The van der Waals surface area contributed by atoms with Gasteiger partial charge in [0.1, 0.15) is 11.4 Å². The summed E-state index contributed by atoms with van der Waals surface area (Å²) < 4.78 is 39.1. The van der Waals surface area contributed by atoms with Crippen molar-refractivity contribution in [3.05, 3.63) is 64.8 Å². The van der Waals surface area contributed by atoms with Crippen LogP contribution in [0.5, 0.6) is 5.75 Å². The van der Waals surface area contributed by atoms with Crippen LogP contribution >= 0.6 is 0 Å². The number of aromatic amines is 1. The highest BCUT2D eigenvalue weighted by Crippen LogP contribution is 2.35. The molecular weight excluding hydrogens is 359 g/mol. The molecule has 2 aromatic carbocycles. The largest absolute Gasteiger partial charge is 0.507 e. The third-order valence-electron chi connectivity index (χ3n) is 4.19. The van der Waals surface area contributed by atoms with Gasteiger partial charge in [0.2, 0.25) is 0 Å². The lowest BCUT2D eigenvalue weighted by Crippen LogP contribution is -2.16. The molecule has 0 aliphatic carbocycles. The van der Waals surface area contributed by atoms with Crippen molar-refractivity contribution in [1.29, 1.82) is 0 Å². The summed E-state index contributed by atoms with van der Waals surface area (Å²) in [7, 11) is 0. The van der Waals surface area contributed by atoms with Crippen LogP contribution in [-0.4, -0.2) is 21.2 Å². The Hall–Kier alpha value is -3.29. The van der Waals surface area contributed by atoms with Crippen molar-refractivity contribution in [2.24, 2.45) is 0 Å². The zero-order valence-electron chi connectivity index (χ0n) is 14.5. The van der Waals surface area contributed by atoms with Crippen LogP contribution in [0.25, 0.3) is 11.3 Å². The molecule has 0 unspecified atom stereocenters. The second kappa shape index (κ2) is 6.79. The maximum absolute atomic E-state index is 13.0. The molecule has 0 saturated carbocycles. The molecule has 1 heterocycles. The van der Waals surface area contributed by atoms with E-state index in [1.54, 1.807) is 12.1 Å². The molecule has 0 spiro atoms. The number of aromatic hydroxyl groups is 1. The number of aryl methyl sites for hydroxylation is 2. The Morgan fingerprint density at radius 3 is 2.48 bits per heavy atom. The standard InChI is InChI=1S/C19H16F3N3O2/c1-10-7-12(17(26)8-11(10)2)15-9-16(25-24-15)18(27)23-14-6-4-3-5-13(14)19(20,21)22/h3-9,26H,1-2H3,(H,23,27)(H,24,25). The van der Waals surface area contributed by atoms with Gasteiger partial charge in [0.05, 0.1) is 16.9 Å². The third-order valence-corrected chi connectivity index (χ3v) is 4.19. The number of hydrogen-bond donors (Lipinski definition) is 3. The van der Waals surface area contributed by atoms with Crippen molar-refractivity contribution >= 4 is 11.6 Å². The highest BCUT2D eigenvalue weighted by molar-refractivity contribution is 6.04. The Bertz CT molecular complexity index is 1010. The molecule has 0 fully saturated rings. The Kier molecular flexibility index (Phi) is 4.65. The minimum absolute atomic E-state index is 0.000949. The minimum atomic E-state index is -4.59. The molecular formula is C19H16F3N3O2. The SMILES string of the molecule is Cc1cc(O)c(-c2cc(C(=O)Nc3ccccc3C(F)(F)F)[nH]n2)cc1C. The summed E-state index contributed by atoms with van der Waals surface area (Å²) in [5.41, 5.74) is 1.24. The fourth-order valence-electron chi connectivity index (χ4n) is 2.61. The van der Waals surface area contributed by atoms with Crippen molar-refractivity contribution < 1.29 is 23.1 Å². The lowest BCUT2D eigenvalue weighted by molar-refractivity contribution is -0.136. The molecule has 27 heavy (non-hydrogen) atoms. The van der Waals surface area contributed by atoms with Gasteiger partial charge in [-0.2, -0.15) is 18.3 Å². The quantitative estimate of drug-likeness (QED) is 0.622. The molecule has 5 nitrogen and oxygen atoms in total. The number of alkyl halides is 3. The number of nitrogens with one attached hydrogen (secondary N) is 2. The van der Waals surface area contributed by atoms with Gasteiger partial charge in [0.25, 0.3) is 5.91 Å². The second-order valence-corrected chi connectivity index (χ2v) is 6.12. The van der Waals surface area contributed by atoms with Gasteiger partial charge in [-0.3, -0.25) is 9.89 Å². The van der Waals surface area contributed by atoms with Crippen molar-refractivity contribution in [2.75, 3.05) is 5.32 Å². The highest BCUT2D eigenvalue weighted by Gasteiger charge is 2.33. The Morgan fingerprint density at radius 2 is 1.78 bits per heavy atom. The molecule has 0 aliphatic heterocycles. The van der Waals surface area contributed by atoms with Gasteiger partial charge in [-0.15, -0.1) is 0 Å². The normalized spacial score (nSPS) is 11.4. The van der Waals surface area contributed by atoms with E-state index in [2.05, 4.69) is 15.5 Å². The summed E-state index contributed by atoms with van der Waals surface area (Å²) in [6.45, 7) is 3.72. The van der Waals surface area contributed by atoms with E-state index in [1.165, 1.54) is 24.3 Å². The number of anilines is 1. The van der Waals surface area contributed by atoms with Crippen LogP contribution in [-0.2, 0) is 6.18 Å². The van der Waals surface area contributed by atoms with Crippen molar-refractivity contribution in [1.82, 2.24) is 10.2 Å². The van der Waals surface area contributed by atoms with Crippen LogP contribution in [0.15, 0.2) is 42.5 Å². The number of halogens is 3. The number of benzene rings is 2. The molecule has 0 radical (unpaired) electrons. The number of aromatic nitrogens is 2. The van der Waals surface area contributed by atoms with E-state index in [1.807, 2.05) is 13.8 Å². The number of phenols is 1. The van der Waals surface area contributed by atoms with Gasteiger partial charge in [0.15, 0.2) is 0 Å². The third kappa shape index (κ3) is 3.79. The van der Waals surface area contributed by atoms with Crippen molar-refractivity contribution in [3.63, 3.8) is 0 Å². The molecule has 3 N–H and O–H groups in total. The average molecular weight is 375 g/mol. The van der Waals surface area contributed by atoms with Gasteiger partial charge in [-0.25, -0.2) is 0 Å². The van der Waals surface area contributed by atoms with E-state index < -0.39 is 17.6 Å². The van der Waals surface area contributed by atoms with E-state index >= 15 is 0 Å². The van der Waals surface area contributed by atoms with Gasteiger partial charge in [-0.05, 0) is 55.3 Å². The predicted molar refractivity (Wildman–Crippen MR) is 94.6 cm³/mol. The Balaban J connectivity index is 1.88. The zero-order valence-corrected chi connectivity index (χ0v) is 14.5. The number of rotatable bonds is 3. The van der Waals surface area contributed by atoms with Crippen LogP contribution in [0.4, 0.5) is 18.9 Å². The monoisotopic (exact) mass is 375 g/mol.